The summed E-state index contributed by atoms with van der Waals surface area (Å²) in [5.41, 5.74) is -0.397. The molecule has 1 heterocycles. The Bertz CT molecular complexity index is 1180. The van der Waals surface area contributed by atoms with Crippen LogP contribution in [0.1, 0.15) is 39.2 Å². The van der Waals surface area contributed by atoms with Gasteiger partial charge in [-0.05, 0) is 51.2 Å². The number of halogens is 2. The highest BCUT2D eigenvalue weighted by molar-refractivity contribution is 7.89. The van der Waals surface area contributed by atoms with Gasteiger partial charge in [-0.2, -0.15) is 0 Å². The van der Waals surface area contributed by atoms with Gasteiger partial charge in [-0.1, -0.05) is 48.5 Å². The van der Waals surface area contributed by atoms with Gasteiger partial charge in [-0.3, -0.25) is 0 Å². The SMILES string of the molecule is CCS(=O)(=O)N[C@@H]1[C@H](Cc2cccc(-c3ccccc3)c2F)N(C(=O)NCC(C)(C)F)CC12CC2. The summed E-state index contributed by atoms with van der Waals surface area (Å²) in [7, 11) is -3.57. The summed E-state index contributed by atoms with van der Waals surface area (Å²) in [6.45, 7) is 4.47. The van der Waals surface area contributed by atoms with Crippen LogP contribution < -0.4 is 10.0 Å². The Kier molecular flexibility index (Phi) is 6.94. The van der Waals surface area contributed by atoms with Crippen molar-refractivity contribution in [2.24, 2.45) is 5.41 Å². The van der Waals surface area contributed by atoms with Gasteiger partial charge in [0, 0.05) is 23.6 Å². The molecule has 1 saturated heterocycles. The van der Waals surface area contributed by atoms with E-state index in [1.54, 1.807) is 30.0 Å². The number of urea groups is 1. The number of rotatable bonds is 8. The van der Waals surface area contributed by atoms with Crippen LogP contribution in [0.5, 0.6) is 0 Å². The molecule has 0 unspecified atom stereocenters. The Balaban J connectivity index is 1.68. The van der Waals surface area contributed by atoms with Crippen molar-refractivity contribution < 1.29 is 22.0 Å². The highest BCUT2D eigenvalue weighted by Gasteiger charge is 2.61. The van der Waals surface area contributed by atoms with E-state index >= 15 is 4.39 Å². The van der Waals surface area contributed by atoms with Crippen LogP contribution >= 0.6 is 0 Å². The largest absolute Gasteiger partial charge is 0.335 e. The molecule has 1 saturated carbocycles. The van der Waals surface area contributed by atoms with Crippen LogP contribution in [-0.4, -0.2) is 55.9 Å². The molecule has 1 aliphatic carbocycles. The van der Waals surface area contributed by atoms with Crippen LogP contribution in [0.3, 0.4) is 0 Å². The zero-order chi connectivity index (χ0) is 25.4. The minimum atomic E-state index is -3.57. The van der Waals surface area contributed by atoms with Gasteiger partial charge < -0.3 is 10.2 Å². The maximum absolute atomic E-state index is 15.7. The molecule has 2 aliphatic rings. The molecule has 0 bridgehead atoms. The van der Waals surface area contributed by atoms with Gasteiger partial charge in [0.2, 0.25) is 10.0 Å². The van der Waals surface area contributed by atoms with Crippen molar-refractivity contribution in [2.75, 3.05) is 18.8 Å². The number of benzene rings is 2. The maximum atomic E-state index is 15.7. The summed E-state index contributed by atoms with van der Waals surface area (Å²) < 4.78 is 57.7. The van der Waals surface area contributed by atoms with Gasteiger partial charge in [0.1, 0.15) is 11.5 Å². The normalized spacial score (nSPS) is 21.3. The summed E-state index contributed by atoms with van der Waals surface area (Å²) >= 11 is 0. The number of carbonyl (C=O) groups is 1. The van der Waals surface area contributed by atoms with Gasteiger partial charge in [0.15, 0.2) is 0 Å². The van der Waals surface area contributed by atoms with E-state index in [0.717, 1.165) is 18.4 Å². The number of alkyl halides is 1. The summed E-state index contributed by atoms with van der Waals surface area (Å²) in [6, 6.07) is 12.7. The monoisotopic (exact) mass is 505 g/mol. The quantitative estimate of drug-likeness (QED) is 0.563. The standard InChI is InChI=1S/C26H33F2N3O3S/c1-4-35(33,34)30-23-21(31(17-26(23)13-14-26)24(32)29-16-25(2,3)28)15-19-11-8-12-20(22(19)27)18-9-6-5-7-10-18/h5-12,21,23,30H,4,13-17H2,1-3H3,(H,29,32)/t21-,23+/m0/s1. The van der Waals surface area contributed by atoms with E-state index in [0.29, 0.717) is 17.7 Å². The van der Waals surface area contributed by atoms with Crippen LogP contribution in [0, 0.1) is 11.2 Å². The van der Waals surface area contributed by atoms with E-state index in [1.165, 1.54) is 13.8 Å². The van der Waals surface area contributed by atoms with E-state index in [4.69, 9.17) is 0 Å². The zero-order valence-electron chi connectivity index (χ0n) is 20.4. The molecule has 1 spiro atoms. The maximum Gasteiger partial charge on any atom is 0.317 e. The molecule has 35 heavy (non-hydrogen) atoms. The minimum absolute atomic E-state index is 0.0909. The lowest BCUT2D eigenvalue weighted by Gasteiger charge is -2.30. The number of amides is 2. The first-order chi connectivity index (χ1) is 16.4. The van der Waals surface area contributed by atoms with E-state index < -0.39 is 39.6 Å². The van der Waals surface area contributed by atoms with Crippen molar-refractivity contribution in [2.45, 2.75) is 57.8 Å². The van der Waals surface area contributed by atoms with Crippen molar-refractivity contribution >= 4 is 16.1 Å². The van der Waals surface area contributed by atoms with Crippen LogP contribution in [-0.2, 0) is 16.4 Å². The fourth-order valence-electron chi connectivity index (χ4n) is 4.89. The smallest absolute Gasteiger partial charge is 0.317 e. The Labute approximate surface area is 206 Å². The number of hydrogen-bond donors (Lipinski definition) is 2. The molecule has 2 N–H and O–H groups in total. The lowest BCUT2D eigenvalue weighted by Crippen LogP contribution is -2.52. The van der Waals surface area contributed by atoms with E-state index in [1.807, 2.05) is 30.3 Å². The lowest BCUT2D eigenvalue weighted by molar-refractivity contribution is 0.170. The highest BCUT2D eigenvalue weighted by atomic mass is 32.2. The van der Waals surface area contributed by atoms with Crippen molar-refractivity contribution in [1.29, 1.82) is 0 Å². The van der Waals surface area contributed by atoms with Crippen LogP contribution in [0.4, 0.5) is 13.6 Å². The Morgan fingerprint density at radius 2 is 1.83 bits per heavy atom. The fourth-order valence-corrected chi connectivity index (χ4v) is 5.85. The van der Waals surface area contributed by atoms with Gasteiger partial charge in [-0.25, -0.2) is 26.7 Å². The lowest BCUT2D eigenvalue weighted by atomic mass is 9.91. The van der Waals surface area contributed by atoms with Gasteiger partial charge in [0.05, 0.1) is 18.3 Å². The molecule has 4 rings (SSSR count). The van der Waals surface area contributed by atoms with Gasteiger partial charge >= 0.3 is 6.03 Å². The van der Waals surface area contributed by atoms with Crippen LogP contribution in [0.25, 0.3) is 11.1 Å². The van der Waals surface area contributed by atoms with E-state index in [9.17, 15) is 17.6 Å². The molecule has 2 aromatic rings. The van der Waals surface area contributed by atoms with Gasteiger partial charge in [0.25, 0.3) is 0 Å². The third kappa shape index (κ3) is 5.67. The molecule has 0 radical (unpaired) electrons. The molecule has 9 heteroatoms. The fraction of sp³-hybridized carbons (Fsp3) is 0.500. The second-order valence-electron chi connectivity index (χ2n) is 10.3. The molecule has 190 valence electrons. The molecular weight excluding hydrogens is 472 g/mol. The predicted molar refractivity (Wildman–Crippen MR) is 133 cm³/mol. The summed E-state index contributed by atoms with van der Waals surface area (Å²) in [5, 5.41) is 2.64. The minimum Gasteiger partial charge on any atom is -0.335 e. The molecular formula is C26H33F2N3O3S. The van der Waals surface area contributed by atoms with Gasteiger partial charge in [-0.15, -0.1) is 0 Å². The summed E-state index contributed by atoms with van der Waals surface area (Å²) in [6.07, 6.45) is 1.67. The second-order valence-corrected chi connectivity index (χ2v) is 12.3. The Morgan fingerprint density at radius 3 is 2.43 bits per heavy atom. The molecule has 2 amide bonds. The summed E-state index contributed by atoms with van der Waals surface area (Å²) in [4.78, 5) is 14.7. The summed E-state index contributed by atoms with van der Waals surface area (Å²) in [5.74, 6) is -0.482. The second kappa shape index (κ2) is 9.50. The first-order valence-electron chi connectivity index (χ1n) is 12.0. The predicted octanol–water partition coefficient (Wildman–Crippen LogP) is 4.27. The Morgan fingerprint density at radius 1 is 1.14 bits per heavy atom. The number of likely N-dealkylation sites (tertiary alicyclic amines) is 1. The van der Waals surface area contributed by atoms with Crippen molar-refractivity contribution in [1.82, 2.24) is 14.9 Å². The molecule has 1 aliphatic heterocycles. The molecule has 2 fully saturated rings. The highest BCUT2D eigenvalue weighted by Crippen LogP contribution is 2.55. The molecule has 6 nitrogen and oxygen atoms in total. The first kappa shape index (κ1) is 25.6. The third-order valence-electron chi connectivity index (χ3n) is 7.02. The van der Waals surface area contributed by atoms with Crippen molar-refractivity contribution in [3.05, 3.63) is 59.9 Å². The van der Waals surface area contributed by atoms with Crippen LogP contribution in [0.15, 0.2) is 48.5 Å². The zero-order valence-corrected chi connectivity index (χ0v) is 21.2. The van der Waals surface area contributed by atoms with Crippen LogP contribution in [0.2, 0.25) is 0 Å². The number of hydrogen-bond acceptors (Lipinski definition) is 3. The first-order valence-corrected chi connectivity index (χ1v) is 13.7. The van der Waals surface area contributed by atoms with Crippen molar-refractivity contribution in [3.8, 4) is 11.1 Å². The number of nitrogens with zero attached hydrogens (tertiary/aromatic N) is 1. The number of nitrogens with one attached hydrogen (secondary N) is 2. The van der Waals surface area contributed by atoms with E-state index in [2.05, 4.69) is 10.0 Å². The number of carbonyl (C=O) groups excluding carboxylic acids is 1. The number of sulfonamides is 1. The molecule has 0 aromatic heterocycles. The Hall–Kier alpha value is -2.52. The average Bonchev–Trinajstić information content (AvgIpc) is 3.54. The average molecular weight is 506 g/mol. The molecule has 2 aromatic carbocycles. The topological polar surface area (TPSA) is 78.5 Å². The third-order valence-corrected chi connectivity index (χ3v) is 8.40. The molecule has 2 atom stereocenters. The van der Waals surface area contributed by atoms with E-state index in [-0.39, 0.29) is 24.1 Å². The van der Waals surface area contributed by atoms with Crippen molar-refractivity contribution in [3.63, 3.8) is 0 Å².